The van der Waals surface area contributed by atoms with Crippen molar-refractivity contribution in [2.75, 3.05) is 18.5 Å². The summed E-state index contributed by atoms with van der Waals surface area (Å²) in [5.74, 6) is 0.711. The fourth-order valence-corrected chi connectivity index (χ4v) is 11.3. The number of para-hydroxylation sites is 1. The summed E-state index contributed by atoms with van der Waals surface area (Å²) >= 11 is 0. The topological polar surface area (TPSA) is 38.7 Å². The van der Waals surface area contributed by atoms with E-state index in [1.165, 1.54) is 134 Å². The molecule has 1 unspecified atom stereocenters. The van der Waals surface area contributed by atoms with Crippen molar-refractivity contribution >= 4 is 16.1 Å². The van der Waals surface area contributed by atoms with Crippen LogP contribution >= 0.6 is 16.1 Å². The van der Waals surface area contributed by atoms with Crippen LogP contribution in [0.1, 0.15) is 136 Å². The van der Waals surface area contributed by atoms with Crippen LogP contribution in [0.2, 0.25) is 0 Å². The minimum atomic E-state index is -2.06. The molecule has 1 rings (SSSR count). The van der Waals surface area contributed by atoms with Crippen molar-refractivity contribution < 1.29 is 13.7 Å². The maximum absolute atomic E-state index is 10.9. The Labute approximate surface area is 220 Å². The Hall–Kier alpha value is -0.200. The molecule has 0 spiro atoms. The normalized spacial score (nSPS) is 13.1. The van der Waals surface area contributed by atoms with Crippen LogP contribution < -0.4 is 4.52 Å². The van der Waals surface area contributed by atoms with Gasteiger partial charge in [0.15, 0.2) is 0 Å². The molecule has 0 saturated heterocycles. The zero-order valence-electron chi connectivity index (χ0n) is 23.4. The first-order valence-electron chi connectivity index (χ1n) is 15.1. The predicted molar refractivity (Wildman–Crippen MR) is 160 cm³/mol. The van der Waals surface area contributed by atoms with Gasteiger partial charge in [0.25, 0.3) is 0 Å². The third kappa shape index (κ3) is 17.8. The van der Waals surface area contributed by atoms with Crippen molar-refractivity contribution in [3.05, 3.63) is 30.3 Å². The Morgan fingerprint density at radius 1 is 0.571 bits per heavy atom. The summed E-state index contributed by atoms with van der Waals surface area (Å²) in [6.45, 7) is 6.84. The summed E-state index contributed by atoms with van der Waals surface area (Å²) in [6.07, 6.45) is 27.2. The van der Waals surface area contributed by atoms with Gasteiger partial charge in [0.2, 0.25) is 0 Å². The fourth-order valence-electron chi connectivity index (χ4n) is 4.95. The van der Waals surface area contributed by atoms with Gasteiger partial charge in [-0.2, -0.15) is 0 Å². The molecule has 1 atom stereocenters. The number of rotatable bonds is 25. The molecule has 0 fully saturated rings. The Morgan fingerprint density at radius 3 is 1.34 bits per heavy atom. The number of hydrogen-bond acceptors (Lipinski definition) is 3. The van der Waals surface area contributed by atoms with E-state index in [0.29, 0.717) is 5.75 Å². The summed E-state index contributed by atoms with van der Waals surface area (Å²) in [5, 5.41) is 0. The molecule has 0 aliphatic carbocycles. The standard InChI is InChI=1S/C30H58O3P2/c1-4-7-10-13-16-22-27-35(28-23-17-14-11-8-5-2,29-24-18-15-12-9-6-3)33-34(31)32-30-25-20-19-21-26-30/h19-21,25-26,31,35H,4-18,22-24,27-29H2,1-3H3. The summed E-state index contributed by atoms with van der Waals surface area (Å²) in [4.78, 5) is 10.9. The Kier molecular flexibility index (Phi) is 21.5. The second-order valence-electron chi connectivity index (χ2n) is 10.5. The average molecular weight is 529 g/mol. The molecule has 5 heteroatoms. The van der Waals surface area contributed by atoms with Gasteiger partial charge < -0.3 is 0 Å². The van der Waals surface area contributed by atoms with E-state index in [4.69, 9.17) is 8.83 Å². The van der Waals surface area contributed by atoms with Gasteiger partial charge in [0.1, 0.15) is 0 Å². The second kappa shape index (κ2) is 23.0. The zero-order chi connectivity index (χ0) is 25.5. The predicted octanol–water partition coefficient (Wildman–Crippen LogP) is 11.0. The number of hydrogen-bond donors (Lipinski definition) is 1. The van der Waals surface area contributed by atoms with Crippen LogP contribution in [0.15, 0.2) is 30.3 Å². The van der Waals surface area contributed by atoms with Crippen LogP contribution in [-0.4, -0.2) is 23.4 Å². The van der Waals surface area contributed by atoms with E-state index in [9.17, 15) is 4.89 Å². The van der Waals surface area contributed by atoms with Crippen molar-refractivity contribution in [2.24, 2.45) is 0 Å². The molecule has 0 heterocycles. The summed E-state index contributed by atoms with van der Waals surface area (Å²) in [5.41, 5.74) is 0. The zero-order valence-corrected chi connectivity index (χ0v) is 25.3. The molecule has 206 valence electrons. The third-order valence-corrected chi connectivity index (χ3v) is 13.5. The van der Waals surface area contributed by atoms with Crippen LogP contribution in [0, 0.1) is 0 Å². The van der Waals surface area contributed by atoms with Gasteiger partial charge in [-0.3, -0.25) is 0 Å². The van der Waals surface area contributed by atoms with Crippen molar-refractivity contribution in [3.8, 4) is 5.75 Å². The van der Waals surface area contributed by atoms with Gasteiger partial charge in [0.05, 0.1) is 0 Å². The quantitative estimate of drug-likeness (QED) is 0.101. The van der Waals surface area contributed by atoms with E-state index in [1.54, 1.807) is 0 Å². The van der Waals surface area contributed by atoms with E-state index < -0.39 is 16.1 Å². The van der Waals surface area contributed by atoms with Gasteiger partial charge in [-0.1, -0.05) is 0 Å². The molecule has 0 bridgehead atoms. The van der Waals surface area contributed by atoms with Crippen LogP contribution in [0.5, 0.6) is 5.75 Å². The van der Waals surface area contributed by atoms with Crippen molar-refractivity contribution in [1.29, 1.82) is 0 Å². The van der Waals surface area contributed by atoms with Crippen molar-refractivity contribution in [3.63, 3.8) is 0 Å². The van der Waals surface area contributed by atoms with Crippen molar-refractivity contribution in [1.82, 2.24) is 0 Å². The van der Waals surface area contributed by atoms with Crippen molar-refractivity contribution in [2.45, 2.75) is 136 Å². The minimum absolute atomic E-state index is 0.711. The van der Waals surface area contributed by atoms with Crippen LogP contribution in [0.25, 0.3) is 0 Å². The molecule has 1 aromatic carbocycles. The monoisotopic (exact) mass is 528 g/mol. The Balaban J connectivity index is 2.76. The van der Waals surface area contributed by atoms with E-state index in [0.717, 1.165) is 0 Å². The van der Waals surface area contributed by atoms with E-state index >= 15 is 0 Å². The molecule has 0 aliphatic rings. The van der Waals surface area contributed by atoms with Crippen LogP contribution in [0.3, 0.4) is 0 Å². The molecule has 0 radical (unpaired) electrons. The maximum atomic E-state index is 10.9. The second-order valence-corrected chi connectivity index (χ2v) is 15.7. The van der Waals surface area contributed by atoms with Gasteiger partial charge in [-0.15, -0.1) is 0 Å². The SMILES string of the molecule is CCCCCCCC[PH](CCCCCCCC)(CCCCCCCC)OP(O)Oc1ccccc1. The van der Waals surface area contributed by atoms with Crippen LogP contribution in [-0.2, 0) is 4.31 Å². The van der Waals surface area contributed by atoms with E-state index in [-0.39, 0.29) is 0 Å². The van der Waals surface area contributed by atoms with Gasteiger partial charge >= 0.3 is 221 Å². The first-order valence-corrected chi connectivity index (χ1v) is 18.7. The molecule has 1 N–H and O–H groups in total. The third-order valence-electron chi connectivity index (χ3n) is 7.16. The molecule has 35 heavy (non-hydrogen) atoms. The van der Waals surface area contributed by atoms with E-state index in [2.05, 4.69) is 20.8 Å². The Morgan fingerprint density at radius 2 is 0.943 bits per heavy atom. The molecular formula is C30H58O3P2. The first-order chi connectivity index (χ1) is 17.2. The molecule has 3 nitrogen and oxygen atoms in total. The summed E-state index contributed by atoms with van der Waals surface area (Å²) in [7, 11) is -3.94. The summed E-state index contributed by atoms with van der Waals surface area (Å²) in [6, 6.07) is 9.70. The van der Waals surface area contributed by atoms with E-state index in [1.807, 2.05) is 30.3 Å². The Bertz CT molecular complexity index is 529. The molecule has 0 aromatic heterocycles. The molecule has 0 aliphatic heterocycles. The van der Waals surface area contributed by atoms with Crippen LogP contribution in [0.4, 0.5) is 0 Å². The molecule has 1 aromatic rings. The number of benzene rings is 1. The average Bonchev–Trinajstić information content (AvgIpc) is 2.86. The van der Waals surface area contributed by atoms with Gasteiger partial charge in [-0.25, -0.2) is 0 Å². The first kappa shape index (κ1) is 32.8. The number of unbranched alkanes of at least 4 members (excludes halogenated alkanes) is 15. The molecule has 0 saturated carbocycles. The van der Waals surface area contributed by atoms with Gasteiger partial charge in [-0.05, 0) is 0 Å². The summed E-state index contributed by atoms with van der Waals surface area (Å²) < 4.78 is 12.5. The molecule has 0 amide bonds. The fraction of sp³-hybridized carbons (Fsp3) is 0.800. The van der Waals surface area contributed by atoms with Gasteiger partial charge in [0, 0.05) is 0 Å². The molecular weight excluding hydrogens is 470 g/mol.